The molecule has 3 unspecified atom stereocenters. The molecular weight excluding hydrogens is 367 g/mol. The van der Waals surface area contributed by atoms with E-state index in [4.69, 9.17) is 5.73 Å². The van der Waals surface area contributed by atoms with Gasteiger partial charge >= 0.3 is 5.97 Å². The molecule has 0 saturated heterocycles. The fourth-order valence-electron chi connectivity index (χ4n) is 2.61. The van der Waals surface area contributed by atoms with Crippen molar-refractivity contribution in [3.63, 3.8) is 0 Å². The van der Waals surface area contributed by atoms with Crippen molar-refractivity contribution in [3.8, 4) is 0 Å². The predicted octanol–water partition coefficient (Wildman–Crippen LogP) is 1.46. The molecule has 10 heteroatoms. The second-order valence-electron chi connectivity index (χ2n) is 6.31. The van der Waals surface area contributed by atoms with Crippen LogP contribution < -0.4 is 10.5 Å². The van der Waals surface area contributed by atoms with Gasteiger partial charge in [0.1, 0.15) is 5.78 Å². The number of carboxylic acids is 1. The zero-order chi connectivity index (χ0) is 19.4. The zero-order valence-corrected chi connectivity index (χ0v) is 16.1. The van der Waals surface area contributed by atoms with Crippen LogP contribution in [-0.2, 0) is 25.9 Å². The Labute approximate surface area is 147 Å². The van der Waals surface area contributed by atoms with Crippen LogP contribution in [0.2, 0.25) is 0 Å². The second kappa shape index (κ2) is 8.42. The minimum absolute atomic E-state index is 0.193. The van der Waals surface area contributed by atoms with Gasteiger partial charge in [0.05, 0.1) is 18.3 Å². The van der Waals surface area contributed by atoms with E-state index in [0.29, 0.717) is 11.1 Å². The number of carbonyl (C=O) groups is 1. The SMILES string of the molecule is CC(C)C(NS(C)(=O)=O)P(=O)(O)C(CC(=O)O)c1cccc(CN)c1. The van der Waals surface area contributed by atoms with Crippen molar-refractivity contribution >= 4 is 23.4 Å². The summed E-state index contributed by atoms with van der Waals surface area (Å²) < 4.78 is 38.6. The van der Waals surface area contributed by atoms with E-state index >= 15 is 0 Å². The number of benzene rings is 1. The number of nitrogens with one attached hydrogen (secondary N) is 1. The monoisotopic (exact) mass is 392 g/mol. The normalized spacial score (nSPS) is 17.0. The van der Waals surface area contributed by atoms with Crippen LogP contribution in [0.1, 0.15) is 37.1 Å². The molecule has 142 valence electrons. The van der Waals surface area contributed by atoms with Gasteiger partial charge in [-0.15, -0.1) is 0 Å². The lowest BCUT2D eigenvalue weighted by atomic mass is 10.1. The number of rotatable bonds is 9. The summed E-state index contributed by atoms with van der Waals surface area (Å²) in [5.74, 6) is -3.06. The van der Waals surface area contributed by atoms with Crippen LogP contribution in [0.25, 0.3) is 0 Å². The molecule has 0 amide bonds. The molecule has 0 bridgehead atoms. The summed E-state index contributed by atoms with van der Waals surface area (Å²) in [6.07, 6.45) is 0.292. The van der Waals surface area contributed by atoms with E-state index in [-0.39, 0.29) is 6.54 Å². The first-order valence-corrected chi connectivity index (χ1v) is 11.4. The maximum atomic E-state index is 13.2. The number of carboxylic acid groups (broad SMARTS) is 1. The lowest BCUT2D eigenvalue weighted by Crippen LogP contribution is -2.39. The Balaban J connectivity index is 3.43. The summed E-state index contributed by atoms with van der Waals surface area (Å²) in [5.41, 5.74) is 5.36. The van der Waals surface area contributed by atoms with Crippen molar-refractivity contribution < 1.29 is 27.8 Å². The summed E-state index contributed by atoms with van der Waals surface area (Å²) in [5, 5.41) is 9.19. The summed E-state index contributed by atoms with van der Waals surface area (Å²) in [4.78, 5) is 22.0. The van der Waals surface area contributed by atoms with Crippen LogP contribution >= 0.6 is 7.37 Å². The minimum atomic E-state index is -4.28. The number of hydrogen-bond donors (Lipinski definition) is 4. The van der Waals surface area contributed by atoms with Gasteiger partial charge in [-0.2, -0.15) is 0 Å². The predicted molar refractivity (Wildman–Crippen MR) is 95.8 cm³/mol. The zero-order valence-electron chi connectivity index (χ0n) is 14.4. The van der Waals surface area contributed by atoms with Crippen LogP contribution in [0.4, 0.5) is 0 Å². The number of hydrogen-bond acceptors (Lipinski definition) is 5. The molecule has 25 heavy (non-hydrogen) atoms. The Morgan fingerprint density at radius 2 is 1.96 bits per heavy atom. The summed E-state index contributed by atoms with van der Waals surface area (Å²) >= 11 is 0. The lowest BCUT2D eigenvalue weighted by Gasteiger charge is -2.32. The molecule has 0 radical (unpaired) electrons. The van der Waals surface area contributed by atoms with Crippen molar-refractivity contribution in [2.45, 2.75) is 38.3 Å². The van der Waals surface area contributed by atoms with E-state index in [0.717, 1.165) is 6.26 Å². The third-order valence-corrected chi connectivity index (χ3v) is 7.50. The van der Waals surface area contributed by atoms with Crippen molar-refractivity contribution in [1.29, 1.82) is 0 Å². The van der Waals surface area contributed by atoms with Gasteiger partial charge in [0.25, 0.3) is 0 Å². The van der Waals surface area contributed by atoms with Gasteiger partial charge in [-0.25, -0.2) is 13.1 Å². The van der Waals surface area contributed by atoms with Crippen molar-refractivity contribution in [3.05, 3.63) is 35.4 Å². The minimum Gasteiger partial charge on any atom is -0.481 e. The first-order valence-electron chi connectivity index (χ1n) is 7.68. The molecule has 1 aromatic carbocycles. The number of sulfonamides is 1. The molecular formula is C15H25N2O6PS. The van der Waals surface area contributed by atoms with Gasteiger partial charge in [-0.05, 0) is 17.0 Å². The molecule has 0 aliphatic carbocycles. The van der Waals surface area contributed by atoms with Crippen LogP contribution in [0.3, 0.4) is 0 Å². The topological polar surface area (TPSA) is 147 Å². The van der Waals surface area contributed by atoms with E-state index in [1.807, 2.05) is 0 Å². The van der Waals surface area contributed by atoms with E-state index in [1.165, 1.54) is 0 Å². The van der Waals surface area contributed by atoms with Crippen LogP contribution in [0.15, 0.2) is 24.3 Å². The molecule has 3 atom stereocenters. The average molecular weight is 392 g/mol. The third kappa shape index (κ3) is 6.20. The van der Waals surface area contributed by atoms with E-state index in [9.17, 15) is 27.8 Å². The van der Waals surface area contributed by atoms with Gasteiger partial charge in [-0.3, -0.25) is 9.36 Å². The largest absolute Gasteiger partial charge is 0.481 e. The standard InChI is InChI=1S/C15H25N2O6PS/c1-10(2)15(17-25(3,22)23)24(20,21)13(8-14(18)19)12-6-4-5-11(7-12)9-16/h4-7,10,13,15,17H,8-9,16H2,1-3H3,(H,18,19)(H,20,21). The highest BCUT2D eigenvalue weighted by Crippen LogP contribution is 2.62. The molecule has 0 fully saturated rings. The fourth-order valence-corrected chi connectivity index (χ4v) is 6.74. The maximum Gasteiger partial charge on any atom is 0.304 e. The molecule has 0 aromatic heterocycles. The van der Waals surface area contributed by atoms with Gasteiger partial charge < -0.3 is 15.7 Å². The van der Waals surface area contributed by atoms with Gasteiger partial charge in [0.2, 0.25) is 17.4 Å². The van der Waals surface area contributed by atoms with E-state index < -0.39 is 47.1 Å². The summed E-state index contributed by atoms with van der Waals surface area (Å²) in [7, 11) is -8.04. The quantitative estimate of drug-likeness (QED) is 0.465. The van der Waals surface area contributed by atoms with Gasteiger partial charge in [-0.1, -0.05) is 38.1 Å². The highest BCUT2D eigenvalue weighted by molar-refractivity contribution is 7.89. The van der Waals surface area contributed by atoms with E-state index in [1.54, 1.807) is 38.1 Å². The fraction of sp³-hybridized carbons (Fsp3) is 0.533. The summed E-state index contributed by atoms with van der Waals surface area (Å²) in [6.45, 7) is 3.39. The van der Waals surface area contributed by atoms with Crippen molar-refractivity contribution in [1.82, 2.24) is 4.72 Å². The van der Waals surface area contributed by atoms with E-state index in [2.05, 4.69) is 4.72 Å². The van der Waals surface area contributed by atoms with Crippen molar-refractivity contribution in [2.75, 3.05) is 6.26 Å². The Hall–Kier alpha value is -1.25. The molecule has 0 saturated carbocycles. The molecule has 0 heterocycles. The smallest absolute Gasteiger partial charge is 0.304 e. The number of aliphatic carboxylic acids is 1. The first-order chi connectivity index (χ1) is 11.4. The molecule has 0 aliphatic heterocycles. The Bertz CT molecular complexity index is 765. The van der Waals surface area contributed by atoms with Crippen molar-refractivity contribution in [2.24, 2.45) is 11.7 Å². The van der Waals surface area contributed by atoms with Gasteiger partial charge in [0, 0.05) is 6.54 Å². The number of nitrogens with two attached hydrogens (primary N) is 1. The molecule has 0 aliphatic rings. The average Bonchev–Trinajstić information content (AvgIpc) is 2.48. The second-order valence-corrected chi connectivity index (χ2v) is 10.6. The maximum absolute atomic E-state index is 13.2. The molecule has 8 nitrogen and oxygen atoms in total. The van der Waals surface area contributed by atoms with Crippen LogP contribution in [-0.4, -0.2) is 36.4 Å². The Morgan fingerprint density at radius 3 is 2.40 bits per heavy atom. The van der Waals surface area contributed by atoms with Crippen LogP contribution in [0.5, 0.6) is 0 Å². The third-order valence-electron chi connectivity index (χ3n) is 3.75. The van der Waals surface area contributed by atoms with Gasteiger partial charge in [0.15, 0.2) is 0 Å². The molecule has 1 rings (SSSR count). The Morgan fingerprint density at radius 1 is 1.36 bits per heavy atom. The Kier molecular flexibility index (Phi) is 7.34. The molecule has 1 aromatic rings. The lowest BCUT2D eigenvalue weighted by molar-refractivity contribution is -0.137. The first kappa shape index (κ1) is 21.8. The highest BCUT2D eigenvalue weighted by atomic mass is 32.2. The molecule has 0 spiro atoms. The molecule has 5 N–H and O–H groups in total. The highest BCUT2D eigenvalue weighted by Gasteiger charge is 2.44. The summed E-state index contributed by atoms with van der Waals surface area (Å²) in [6, 6.07) is 6.47. The van der Waals surface area contributed by atoms with Crippen LogP contribution in [0, 0.1) is 5.92 Å².